The molecule has 146 valence electrons. The topological polar surface area (TPSA) is 77.8 Å². The van der Waals surface area contributed by atoms with Gasteiger partial charge in [0.15, 0.2) is 11.4 Å². The Morgan fingerprint density at radius 2 is 2.04 bits per heavy atom. The Balaban J connectivity index is 1.66. The monoisotopic (exact) mass is 388 g/mol. The average Bonchev–Trinajstić information content (AvgIpc) is 3.38. The van der Waals surface area contributed by atoms with E-state index in [0.717, 1.165) is 18.5 Å². The standard InChI is InChI=1S/C19H18F2N4O3/c1-27-13-8-11(18(26)24-15-5-3-4-12(22-15)16(20)21)9-25-10-14(23-17(13)25)19(28-2)6-7-19/h3-5,8-10,16H,6-7H2,1-2H3,(H,22,24,26). The van der Waals surface area contributed by atoms with Crippen LogP contribution in [0.4, 0.5) is 14.6 Å². The number of halogens is 2. The number of hydrogen-bond donors (Lipinski definition) is 1. The summed E-state index contributed by atoms with van der Waals surface area (Å²) in [7, 11) is 3.13. The molecular weight excluding hydrogens is 370 g/mol. The van der Waals surface area contributed by atoms with Crippen LogP contribution in [0.1, 0.15) is 41.0 Å². The quantitative estimate of drug-likeness (QED) is 0.699. The lowest BCUT2D eigenvalue weighted by atomic mass is 10.2. The first-order chi connectivity index (χ1) is 13.5. The summed E-state index contributed by atoms with van der Waals surface area (Å²) < 4.78 is 38.2. The van der Waals surface area contributed by atoms with Crippen LogP contribution in [0.2, 0.25) is 0 Å². The molecule has 1 fully saturated rings. The van der Waals surface area contributed by atoms with Crippen molar-refractivity contribution in [1.82, 2.24) is 14.4 Å². The Morgan fingerprint density at radius 1 is 1.25 bits per heavy atom. The summed E-state index contributed by atoms with van der Waals surface area (Å²) in [5.41, 5.74) is 0.838. The third-order valence-electron chi connectivity index (χ3n) is 4.80. The number of ether oxygens (including phenoxy) is 2. The predicted molar refractivity (Wildman–Crippen MR) is 96.8 cm³/mol. The number of amides is 1. The van der Waals surface area contributed by atoms with Crippen LogP contribution in [-0.4, -0.2) is 34.5 Å². The van der Waals surface area contributed by atoms with Crippen molar-refractivity contribution in [3.05, 3.63) is 53.6 Å². The highest BCUT2D eigenvalue weighted by atomic mass is 19.3. The number of carbonyl (C=O) groups excluding carboxylic acids is 1. The molecule has 0 spiro atoms. The second-order valence-electron chi connectivity index (χ2n) is 6.56. The smallest absolute Gasteiger partial charge is 0.280 e. The highest BCUT2D eigenvalue weighted by Gasteiger charge is 2.47. The van der Waals surface area contributed by atoms with Crippen molar-refractivity contribution < 1.29 is 23.0 Å². The van der Waals surface area contributed by atoms with Gasteiger partial charge >= 0.3 is 0 Å². The fourth-order valence-electron chi connectivity index (χ4n) is 3.07. The number of anilines is 1. The van der Waals surface area contributed by atoms with Gasteiger partial charge in [0.2, 0.25) is 0 Å². The Kier molecular flexibility index (Phi) is 4.46. The third-order valence-corrected chi connectivity index (χ3v) is 4.80. The first-order valence-corrected chi connectivity index (χ1v) is 8.64. The average molecular weight is 388 g/mol. The molecule has 4 rings (SSSR count). The van der Waals surface area contributed by atoms with Gasteiger partial charge in [0.25, 0.3) is 12.3 Å². The lowest BCUT2D eigenvalue weighted by molar-refractivity contribution is 0.0756. The van der Waals surface area contributed by atoms with Gasteiger partial charge in [0.1, 0.15) is 17.1 Å². The fraction of sp³-hybridized carbons (Fsp3) is 0.316. The molecule has 28 heavy (non-hydrogen) atoms. The van der Waals surface area contributed by atoms with E-state index in [1.807, 2.05) is 0 Å². The van der Waals surface area contributed by atoms with Gasteiger partial charge in [-0.25, -0.2) is 18.7 Å². The Morgan fingerprint density at radius 3 is 2.68 bits per heavy atom. The van der Waals surface area contributed by atoms with Crippen molar-refractivity contribution in [1.29, 1.82) is 0 Å². The van der Waals surface area contributed by atoms with E-state index in [4.69, 9.17) is 9.47 Å². The van der Waals surface area contributed by atoms with Crippen molar-refractivity contribution in [2.45, 2.75) is 24.9 Å². The van der Waals surface area contributed by atoms with E-state index in [1.54, 1.807) is 30.0 Å². The number of fused-ring (bicyclic) bond motifs is 1. The number of imidazole rings is 1. The van der Waals surface area contributed by atoms with E-state index in [-0.39, 0.29) is 17.0 Å². The van der Waals surface area contributed by atoms with Gasteiger partial charge < -0.3 is 19.2 Å². The molecule has 0 atom stereocenters. The van der Waals surface area contributed by atoms with Crippen molar-refractivity contribution in [3.8, 4) is 5.75 Å². The highest BCUT2D eigenvalue weighted by molar-refractivity contribution is 6.04. The van der Waals surface area contributed by atoms with Crippen LogP contribution in [0.25, 0.3) is 5.65 Å². The van der Waals surface area contributed by atoms with Crippen LogP contribution >= 0.6 is 0 Å². The molecule has 1 N–H and O–H groups in total. The number of pyridine rings is 2. The zero-order chi connectivity index (χ0) is 19.9. The van der Waals surface area contributed by atoms with Crippen molar-refractivity contribution in [3.63, 3.8) is 0 Å². The Bertz CT molecular complexity index is 1050. The molecule has 0 bridgehead atoms. The van der Waals surface area contributed by atoms with Crippen molar-refractivity contribution in [2.24, 2.45) is 0 Å². The number of methoxy groups -OCH3 is 2. The molecule has 0 aromatic carbocycles. The van der Waals surface area contributed by atoms with Crippen molar-refractivity contribution >= 4 is 17.4 Å². The SMILES string of the molecule is COc1cc(C(=O)Nc2cccc(C(F)F)n2)cn2cc(C3(OC)CC3)nc12. The van der Waals surface area contributed by atoms with Crippen LogP contribution in [0.15, 0.2) is 36.7 Å². The molecule has 3 aromatic heterocycles. The minimum absolute atomic E-state index is 0.0458. The molecular formula is C19H18F2N4O3. The summed E-state index contributed by atoms with van der Waals surface area (Å²) in [5.74, 6) is -0.0353. The maximum absolute atomic E-state index is 12.8. The summed E-state index contributed by atoms with van der Waals surface area (Å²) >= 11 is 0. The molecule has 0 unspecified atom stereocenters. The second kappa shape index (κ2) is 6.83. The molecule has 0 radical (unpaired) electrons. The molecule has 0 aliphatic heterocycles. The van der Waals surface area contributed by atoms with E-state index in [1.165, 1.54) is 25.3 Å². The summed E-state index contributed by atoms with van der Waals surface area (Å²) in [4.78, 5) is 21.0. The highest BCUT2D eigenvalue weighted by Crippen LogP contribution is 2.48. The van der Waals surface area contributed by atoms with E-state index < -0.39 is 18.0 Å². The lowest BCUT2D eigenvalue weighted by Gasteiger charge is -2.09. The van der Waals surface area contributed by atoms with Crippen molar-refractivity contribution in [2.75, 3.05) is 19.5 Å². The van der Waals surface area contributed by atoms with Gasteiger partial charge in [0.05, 0.1) is 18.4 Å². The first kappa shape index (κ1) is 18.3. The van der Waals surface area contributed by atoms with Crippen LogP contribution in [0.3, 0.4) is 0 Å². The van der Waals surface area contributed by atoms with Gasteiger partial charge in [-0.15, -0.1) is 0 Å². The molecule has 1 amide bonds. The van der Waals surface area contributed by atoms with Crippen LogP contribution < -0.4 is 10.1 Å². The van der Waals surface area contributed by atoms with E-state index in [9.17, 15) is 13.6 Å². The molecule has 9 heteroatoms. The number of nitrogens with one attached hydrogen (secondary N) is 1. The van der Waals surface area contributed by atoms with E-state index in [0.29, 0.717) is 11.4 Å². The first-order valence-electron chi connectivity index (χ1n) is 8.64. The molecule has 1 saturated carbocycles. The Labute approximate surface area is 159 Å². The van der Waals surface area contributed by atoms with Gasteiger partial charge in [-0.1, -0.05) is 6.07 Å². The van der Waals surface area contributed by atoms with Gasteiger partial charge in [0, 0.05) is 19.5 Å². The number of hydrogen-bond acceptors (Lipinski definition) is 5. The molecule has 1 aliphatic carbocycles. The molecule has 7 nitrogen and oxygen atoms in total. The number of nitrogens with zero attached hydrogens (tertiary/aromatic N) is 3. The molecule has 3 aromatic rings. The zero-order valence-corrected chi connectivity index (χ0v) is 15.3. The Hall–Kier alpha value is -3.07. The summed E-state index contributed by atoms with van der Waals surface area (Å²) in [6.45, 7) is 0. The van der Waals surface area contributed by atoms with Gasteiger partial charge in [-0.05, 0) is 31.0 Å². The molecule has 3 heterocycles. The molecule has 0 saturated heterocycles. The van der Waals surface area contributed by atoms with E-state index in [2.05, 4.69) is 15.3 Å². The second-order valence-corrected chi connectivity index (χ2v) is 6.56. The largest absolute Gasteiger partial charge is 0.493 e. The van der Waals surface area contributed by atoms with Crippen LogP contribution in [-0.2, 0) is 10.3 Å². The maximum atomic E-state index is 12.8. The summed E-state index contributed by atoms with van der Waals surface area (Å²) in [6.07, 6.45) is 2.46. The minimum Gasteiger partial charge on any atom is -0.493 e. The normalized spacial score (nSPS) is 15.0. The van der Waals surface area contributed by atoms with Crippen LogP contribution in [0.5, 0.6) is 5.75 Å². The lowest BCUT2D eigenvalue weighted by Crippen LogP contribution is -2.14. The zero-order valence-electron chi connectivity index (χ0n) is 15.3. The van der Waals surface area contributed by atoms with Gasteiger partial charge in [-0.3, -0.25) is 4.79 Å². The van der Waals surface area contributed by atoms with E-state index >= 15 is 0 Å². The third kappa shape index (κ3) is 3.18. The fourth-order valence-corrected chi connectivity index (χ4v) is 3.07. The minimum atomic E-state index is -2.71. The number of rotatable bonds is 6. The number of aromatic nitrogens is 3. The summed E-state index contributed by atoms with van der Waals surface area (Å²) in [5, 5.41) is 2.53. The number of carbonyl (C=O) groups is 1. The predicted octanol–water partition coefficient (Wildman–Crippen LogP) is 3.56. The maximum Gasteiger partial charge on any atom is 0.280 e. The van der Waals surface area contributed by atoms with Gasteiger partial charge in [-0.2, -0.15) is 0 Å². The van der Waals surface area contributed by atoms with Crippen LogP contribution in [0, 0.1) is 0 Å². The molecule has 1 aliphatic rings. The summed E-state index contributed by atoms with van der Waals surface area (Å²) in [6, 6.07) is 5.61. The number of alkyl halides is 2.